The summed E-state index contributed by atoms with van der Waals surface area (Å²) in [7, 11) is 1.27. The highest BCUT2D eigenvalue weighted by Gasteiger charge is 2.24. The number of ether oxygens (including phenoxy) is 1. The Labute approximate surface area is 246 Å². The third-order valence-corrected chi connectivity index (χ3v) is 7.71. The van der Waals surface area contributed by atoms with Gasteiger partial charge in [0.05, 0.1) is 35.8 Å². The molecule has 0 saturated carbocycles. The number of halogens is 2. The summed E-state index contributed by atoms with van der Waals surface area (Å²) in [6.45, 7) is 3.58. The van der Waals surface area contributed by atoms with E-state index in [1.54, 1.807) is 43.5 Å². The number of methoxy groups -OCH3 is 1. The van der Waals surface area contributed by atoms with Gasteiger partial charge in [0.15, 0.2) is 0 Å². The number of rotatable bonds is 3. The van der Waals surface area contributed by atoms with Gasteiger partial charge in [0, 0.05) is 40.6 Å². The van der Waals surface area contributed by atoms with Gasteiger partial charge in [-0.3, -0.25) is 19.9 Å². The zero-order chi connectivity index (χ0) is 30.0. The molecule has 0 saturated heterocycles. The normalized spacial score (nSPS) is 16.8. The van der Waals surface area contributed by atoms with E-state index in [0.29, 0.717) is 53.0 Å². The van der Waals surface area contributed by atoms with Crippen molar-refractivity contribution < 1.29 is 18.7 Å². The number of fused-ring (bicyclic) bond motifs is 4. The van der Waals surface area contributed by atoms with Crippen molar-refractivity contribution >= 4 is 35.0 Å². The maximum atomic E-state index is 14.9. The van der Waals surface area contributed by atoms with Gasteiger partial charge in [-0.25, -0.2) is 13.9 Å². The van der Waals surface area contributed by atoms with Gasteiger partial charge in [-0.2, -0.15) is 5.10 Å². The smallest absolute Gasteiger partial charge is 0.411 e. The van der Waals surface area contributed by atoms with Gasteiger partial charge in [0.1, 0.15) is 5.82 Å². The number of nitrogens with zero attached hydrogens (tertiary/aromatic N) is 3. The molecular formula is C31H29ClFN5O4. The van der Waals surface area contributed by atoms with E-state index in [1.165, 1.54) is 30.1 Å². The number of nitrogens with one attached hydrogen (secondary N) is 2. The number of pyridine rings is 1. The number of amides is 2. The molecule has 1 aliphatic heterocycles. The van der Waals surface area contributed by atoms with Crippen LogP contribution in [0.3, 0.4) is 0 Å². The monoisotopic (exact) mass is 589 g/mol. The molecule has 216 valence electrons. The van der Waals surface area contributed by atoms with E-state index < -0.39 is 23.5 Å². The molecule has 2 bridgehead atoms. The van der Waals surface area contributed by atoms with Crippen molar-refractivity contribution in [2.24, 2.45) is 5.92 Å². The van der Waals surface area contributed by atoms with E-state index in [9.17, 15) is 18.8 Å². The third kappa shape index (κ3) is 5.89. The Morgan fingerprint density at radius 1 is 1.12 bits per heavy atom. The minimum atomic E-state index is -0.631. The molecule has 0 spiro atoms. The van der Waals surface area contributed by atoms with Gasteiger partial charge in [-0.15, -0.1) is 0 Å². The summed E-state index contributed by atoms with van der Waals surface area (Å²) in [6.07, 6.45) is 4.14. The molecule has 42 heavy (non-hydrogen) atoms. The van der Waals surface area contributed by atoms with Crippen LogP contribution in [0.4, 0.5) is 20.6 Å². The quantitative estimate of drug-likeness (QED) is 0.278. The van der Waals surface area contributed by atoms with Crippen molar-refractivity contribution in [1.29, 1.82) is 0 Å². The molecule has 4 aromatic rings. The average molecular weight is 590 g/mol. The summed E-state index contributed by atoms with van der Waals surface area (Å²) in [4.78, 5) is 43.0. The molecule has 0 unspecified atom stereocenters. The Balaban J connectivity index is 1.59. The Kier molecular flexibility index (Phi) is 8.35. The molecular weight excluding hydrogens is 561 g/mol. The number of carbonyl (C=O) groups is 2. The maximum Gasteiger partial charge on any atom is 0.411 e. The van der Waals surface area contributed by atoms with Crippen molar-refractivity contribution in [3.63, 3.8) is 0 Å². The van der Waals surface area contributed by atoms with Crippen molar-refractivity contribution in [2.75, 3.05) is 17.7 Å². The van der Waals surface area contributed by atoms with Crippen LogP contribution in [-0.2, 0) is 9.53 Å². The fourth-order valence-corrected chi connectivity index (χ4v) is 5.29. The van der Waals surface area contributed by atoms with Crippen LogP contribution in [0.25, 0.3) is 22.3 Å². The van der Waals surface area contributed by atoms with E-state index in [1.807, 2.05) is 13.0 Å². The second-order valence-corrected chi connectivity index (χ2v) is 10.7. The third-order valence-electron chi connectivity index (χ3n) is 7.42. The van der Waals surface area contributed by atoms with Gasteiger partial charge in [0.25, 0.3) is 5.56 Å². The molecule has 0 aliphatic carbocycles. The predicted octanol–water partition coefficient (Wildman–Crippen LogP) is 6.60. The van der Waals surface area contributed by atoms with Crippen molar-refractivity contribution in [2.45, 2.75) is 39.2 Å². The number of aromatic nitrogens is 3. The lowest BCUT2D eigenvalue weighted by atomic mass is 9.95. The Morgan fingerprint density at radius 3 is 2.69 bits per heavy atom. The molecule has 2 amide bonds. The zero-order valence-electron chi connectivity index (χ0n) is 23.3. The SMILES string of the molecule is COC(=O)Nc1ccc2c(c1)NC(=O)[C@H](C)CCC[C@H](n1ncc(-c3c(C)ccc(Cl)c3F)cc1=O)c1cc-2ccn1. The van der Waals surface area contributed by atoms with E-state index in [0.717, 1.165) is 5.56 Å². The molecule has 2 atom stereocenters. The lowest BCUT2D eigenvalue weighted by Gasteiger charge is -2.22. The minimum Gasteiger partial charge on any atom is -0.453 e. The van der Waals surface area contributed by atoms with Crippen molar-refractivity contribution in [1.82, 2.24) is 14.8 Å². The number of anilines is 2. The summed E-state index contributed by atoms with van der Waals surface area (Å²) in [5.41, 5.74) is 3.81. The Morgan fingerprint density at radius 2 is 1.93 bits per heavy atom. The summed E-state index contributed by atoms with van der Waals surface area (Å²) in [6, 6.07) is 12.8. The van der Waals surface area contributed by atoms with Crippen LogP contribution in [0.5, 0.6) is 0 Å². The van der Waals surface area contributed by atoms with Crippen molar-refractivity contribution in [3.05, 3.63) is 93.4 Å². The molecule has 3 heterocycles. The summed E-state index contributed by atoms with van der Waals surface area (Å²) in [5.74, 6) is -1.11. The molecule has 2 N–H and O–H groups in total. The summed E-state index contributed by atoms with van der Waals surface area (Å²) < 4.78 is 20.9. The topological polar surface area (TPSA) is 115 Å². The Bertz CT molecular complexity index is 1740. The van der Waals surface area contributed by atoms with E-state index >= 15 is 0 Å². The number of carbonyl (C=O) groups excluding carboxylic acids is 2. The van der Waals surface area contributed by atoms with Gasteiger partial charge < -0.3 is 10.1 Å². The molecule has 2 aromatic heterocycles. The first kappa shape index (κ1) is 28.9. The lowest BCUT2D eigenvalue weighted by molar-refractivity contribution is -0.119. The Hall–Kier alpha value is -4.57. The van der Waals surface area contributed by atoms with Gasteiger partial charge >= 0.3 is 6.09 Å². The second-order valence-electron chi connectivity index (χ2n) is 10.3. The number of hydrogen-bond acceptors (Lipinski definition) is 6. The molecule has 0 radical (unpaired) electrons. The molecule has 11 heteroatoms. The van der Waals surface area contributed by atoms with Gasteiger partial charge in [0.2, 0.25) is 5.91 Å². The number of aryl methyl sites for hydroxylation is 1. The van der Waals surface area contributed by atoms with Crippen LogP contribution >= 0.6 is 11.6 Å². The highest BCUT2D eigenvalue weighted by Crippen LogP contribution is 2.35. The van der Waals surface area contributed by atoms with Crippen LogP contribution in [0, 0.1) is 18.7 Å². The van der Waals surface area contributed by atoms with Gasteiger partial charge in [-0.05, 0) is 61.2 Å². The summed E-state index contributed by atoms with van der Waals surface area (Å²) >= 11 is 6.01. The molecule has 0 fully saturated rings. The summed E-state index contributed by atoms with van der Waals surface area (Å²) in [5, 5.41) is 10.0. The minimum absolute atomic E-state index is 0.0354. The fraction of sp³-hybridized carbons (Fsp3) is 0.258. The van der Waals surface area contributed by atoms with E-state index in [4.69, 9.17) is 16.3 Å². The van der Waals surface area contributed by atoms with Crippen molar-refractivity contribution in [3.8, 4) is 22.3 Å². The number of benzene rings is 2. The maximum absolute atomic E-state index is 14.9. The standard InChI is InChI=1S/C31H29ClFN5O4/c1-17-7-10-23(32)29(33)28(17)20-14-27(39)38(35-16-20)26-6-4-5-18(2)30(40)37-24-15-21(36-31(41)42-3)8-9-22(24)19-11-12-34-25(26)13-19/h7-16,18,26H,4-6H2,1-3H3,(H,36,41)(H,37,40)/t18-,26+/m1/s1. The second kappa shape index (κ2) is 12.1. The zero-order valence-corrected chi connectivity index (χ0v) is 24.0. The molecule has 2 aromatic carbocycles. The van der Waals surface area contributed by atoms with E-state index in [2.05, 4.69) is 20.7 Å². The first-order valence-corrected chi connectivity index (χ1v) is 13.8. The average Bonchev–Trinajstić information content (AvgIpc) is 2.97. The van der Waals surface area contributed by atoms with Crippen LogP contribution in [0.1, 0.15) is 43.5 Å². The van der Waals surface area contributed by atoms with Crippen LogP contribution in [0.15, 0.2) is 65.7 Å². The van der Waals surface area contributed by atoms with Crippen LogP contribution < -0.4 is 16.2 Å². The van der Waals surface area contributed by atoms with Crippen LogP contribution in [-0.4, -0.2) is 33.9 Å². The lowest BCUT2D eigenvalue weighted by Crippen LogP contribution is -2.29. The van der Waals surface area contributed by atoms with E-state index in [-0.39, 0.29) is 22.4 Å². The predicted molar refractivity (Wildman–Crippen MR) is 159 cm³/mol. The van der Waals surface area contributed by atoms with Gasteiger partial charge in [-0.1, -0.05) is 37.1 Å². The first-order chi connectivity index (χ1) is 20.2. The molecule has 5 rings (SSSR count). The first-order valence-electron chi connectivity index (χ1n) is 13.5. The number of hydrogen-bond donors (Lipinski definition) is 2. The van der Waals surface area contributed by atoms with Crippen LogP contribution in [0.2, 0.25) is 5.02 Å². The molecule has 9 nitrogen and oxygen atoms in total. The largest absolute Gasteiger partial charge is 0.453 e. The molecule has 1 aliphatic rings. The highest BCUT2D eigenvalue weighted by molar-refractivity contribution is 6.31. The fourth-order valence-electron chi connectivity index (χ4n) is 5.13. The highest BCUT2D eigenvalue weighted by atomic mass is 35.5.